The van der Waals surface area contributed by atoms with Crippen LogP contribution in [0.2, 0.25) is 5.02 Å². The Morgan fingerprint density at radius 2 is 1.90 bits per heavy atom. The number of halogens is 1. The fourth-order valence-corrected chi connectivity index (χ4v) is 4.94. The van der Waals surface area contributed by atoms with Crippen LogP contribution in [0.4, 0.5) is 0 Å². The molecule has 1 N–H and O–H groups in total. The van der Waals surface area contributed by atoms with E-state index in [4.69, 9.17) is 26.2 Å². The lowest BCUT2D eigenvalue weighted by Crippen LogP contribution is -2.39. The van der Waals surface area contributed by atoms with Crippen LogP contribution in [0.1, 0.15) is 5.76 Å². The molecular weight excluding hydrogens is 458 g/mol. The van der Waals surface area contributed by atoms with Crippen LogP contribution in [0.3, 0.4) is 0 Å². The van der Waals surface area contributed by atoms with Crippen molar-refractivity contribution < 1.29 is 13.9 Å². The molecule has 0 unspecified atom stereocenters. The van der Waals surface area contributed by atoms with Crippen LogP contribution >= 0.6 is 35.1 Å². The first kappa shape index (κ1) is 20.4. The number of benzene rings is 1. The van der Waals surface area contributed by atoms with Gasteiger partial charge in [-0.25, -0.2) is 0 Å². The molecule has 3 aliphatic heterocycles. The van der Waals surface area contributed by atoms with E-state index in [0.29, 0.717) is 34.3 Å². The minimum atomic E-state index is -0.481. The second kappa shape index (κ2) is 8.54. The molecule has 11 heteroatoms. The maximum Gasteiger partial charge on any atom is 0.283 e. The molecule has 1 saturated heterocycles. The van der Waals surface area contributed by atoms with Crippen molar-refractivity contribution in [1.82, 2.24) is 9.91 Å². The molecule has 158 valence electrons. The third-order valence-electron chi connectivity index (χ3n) is 4.65. The van der Waals surface area contributed by atoms with Crippen LogP contribution in [-0.2, 0) is 9.53 Å². The predicted molar refractivity (Wildman–Crippen MR) is 122 cm³/mol. The molecule has 4 heterocycles. The van der Waals surface area contributed by atoms with Gasteiger partial charge in [0.1, 0.15) is 5.76 Å². The zero-order valence-electron chi connectivity index (χ0n) is 16.1. The highest BCUT2D eigenvalue weighted by molar-refractivity contribution is 8.26. The van der Waals surface area contributed by atoms with Crippen LogP contribution in [-0.4, -0.2) is 58.3 Å². The summed E-state index contributed by atoms with van der Waals surface area (Å²) < 4.78 is 11.2. The second-order valence-corrected chi connectivity index (χ2v) is 9.16. The van der Waals surface area contributed by atoms with Crippen molar-refractivity contribution in [2.75, 3.05) is 26.3 Å². The van der Waals surface area contributed by atoms with E-state index in [-0.39, 0.29) is 11.4 Å². The van der Waals surface area contributed by atoms with E-state index < -0.39 is 5.91 Å². The van der Waals surface area contributed by atoms with Crippen molar-refractivity contribution in [2.24, 2.45) is 10.1 Å². The molecule has 2 aromatic rings. The van der Waals surface area contributed by atoms with Crippen molar-refractivity contribution in [2.45, 2.75) is 9.99 Å². The van der Waals surface area contributed by atoms with E-state index in [1.54, 1.807) is 6.07 Å². The minimum absolute atomic E-state index is 0.0194. The number of thioether (sulfide) groups is 1. The fourth-order valence-electron chi connectivity index (χ4n) is 3.09. The molecule has 5 rings (SSSR count). The summed E-state index contributed by atoms with van der Waals surface area (Å²) in [5.74, 6) is -0.0352. The Morgan fingerprint density at radius 3 is 2.68 bits per heavy atom. The maximum atomic E-state index is 12.6. The van der Waals surface area contributed by atoms with Crippen molar-refractivity contribution >= 4 is 63.3 Å². The summed E-state index contributed by atoms with van der Waals surface area (Å²) in [7, 11) is 0. The second-order valence-electron chi connectivity index (χ2n) is 6.71. The van der Waals surface area contributed by atoms with E-state index in [0.717, 1.165) is 23.2 Å². The van der Waals surface area contributed by atoms with Crippen LogP contribution in [0, 0.1) is 5.41 Å². The number of ether oxygens (including phenoxy) is 1. The highest BCUT2D eigenvalue weighted by atomic mass is 35.5. The zero-order valence-corrected chi connectivity index (χ0v) is 18.5. The van der Waals surface area contributed by atoms with Crippen LogP contribution < -0.4 is 0 Å². The summed E-state index contributed by atoms with van der Waals surface area (Å²) in [6.07, 6.45) is 1.53. The summed E-state index contributed by atoms with van der Waals surface area (Å²) in [6.45, 7) is 2.69. The van der Waals surface area contributed by atoms with Crippen molar-refractivity contribution in [3.8, 4) is 0 Å². The highest BCUT2D eigenvalue weighted by Crippen LogP contribution is 2.32. The molecule has 3 aliphatic rings. The number of amidine groups is 3. The van der Waals surface area contributed by atoms with Crippen LogP contribution in [0.25, 0.3) is 6.08 Å². The fraction of sp³-hybridized carbons (Fsp3) is 0.200. The van der Waals surface area contributed by atoms with Crippen molar-refractivity contribution in [3.63, 3.8) is 0 Å². The Balaban J connectivity index is 1.34. The van der Waals surface area contributed by atoms with Gasteiger partial charge in [-0.3, -0.25) is 10.2 Å². The summed E-state index contributed by atoms with van der Waals surface area (Å²) in [5.41, 5.74) is 0.133. The van der Waals surface area contributed by atoms with E-state index in [1.807, 2.05) is 30.3 Å². The van der Waals surface area contributed by atoms with Gasteiger partial charge < -0.3 is 14.1 Å². The average Bonchev–Trinajstić information content (AvgIpc) is 3.40. The molecule has 0 radical (unpaired) electrons. The first-order valence-electron chi connectivity index (χ1n) is 9.43. The first-order valence-corrected chi connectivity index (χ1v) is 11.4. The topological polar surface area (TPSA) is 94.5 Å². The number of carbonyl (C=O) groups is 1. The third-order valence-corrected chi connectivity index (χ3v) is 6.80. The van der Waals surface area contributed by atoms with Gasteiger partial charge in [-0.05, 0) is 54.2 Å². The largest absolute Gasteiger partial charge is 0.450 e. The lowest BCUT2D eigenvalue weighted by molar-refractivity contribution is -0.114. The van der Waals surface area contributed by atoms with Gasteiger partial charge in [0.2, 0.25) is 5.17 Å². The number of furan rings is 1. The third kappa shape index (κ3) is 4.29. The zero-order chi connectivity index (χ0) is 21.4. The molecule has 0 atom stereocenters. The molecule has 31 heavy (non-hydrogen) atoms. The molecule has 1 aromatic carbocycles. The Labute approximate surface area is 191 Å². The van der Waals surface area contributed by atoms with E-state index >= 15 is 0 Å². The number of rotatable bonds is 3. The Hall–Kier alpha value is -2.53. The number of hydrogen-bond acceptors (Lipinski definition) is 8. The normalized spacial score (nSPS) is 20.2. The SMILES string of the molecule is N=C1/C(=C/c2ccc(Sc3ccc(Cl)cc3)o2)C(=O)N=C2SC(N3CCOCC3)=NN12. The molecule has 0 bridgehead atoms. The predicted octanol–water partition coefficient (Wildman–Crippen LogP) is 3.99. The lowest BCUT2D eigenvalue weighted by Gasteiger charge is -2.26. The molecule has 1 fully saturated rings. The lowest BCUT2D eigenvalue weighted by atomic mass is 10.1. The Kier molecular flexibility index (Phi) is 5.61. The molecule has 0 aliphatic carbocycles. The number of fused-ring (bicyclic) bond motifs is 1. The minimum Gasteiger partial charge on any atom is -0.450 e. The van der Waals surface area contributed by atoms with Gasteiger partial charge in [-0.1, -0.05) is 23.4 Å². The summed E-state index contributed by atoms with van der Waals surface area (Å²) in [4.78, 5) is 19.8. The number of hydrogen-bond donors (Lipinski definition) is 1. The monoisotopic (exact) mass is 473 g/mol. The van der Waals surface area contributed by atoms with Gasteiger partial charge in [-0.15, -0.1) is 5.10 Å². The summed E-state index contributed by atoms with van der Waals surface area (Å²) in [6, 6.07) is 11.0. The quantitative estimate of drug-likeness (QED) is 0.673. The van der Waals surface area contributed by atoms with Gasteiger partial charge >= 0.3 is 0 Å². The number of morpholine rings is 1. The Bertz CT molecular complexity index is 1140. The van der Waals surface area contributed by atoms with Gasteiger partial charge in [-0.2, -0.15) is 10.0 Å². The van der Waals surface area contributed by atoms with Crippen LogP contribution in [0.15, 0.2) is 66.5 Å². The molecule has 8 nitrogen and oxygen atoms in total. The summed E-state index contributed by atoms with van der Waals surface area (Å²) in [5, 5.41) is 16.8. The smallest absolute Gasteiger partial charge is 0.283 e. The molecule has 0 spiro atoms. The van der Waals surface area contributed by atoms with Crippen molar-refractivity contribution in [3.05, 3.63) is 52.8 Å². The number of nitrogens with one attached hydrogen (secondary N) is 1. The van der Waals surface area contributed by atoms with Gasteiger partial charge in [0.05, 0.1) is 18.8 Å². The van der Waals surface area contributed by atoms with Gasteiger partial charge in [0, 0.05) is 23.0 Å². The van der Waals surface area contributed by atoms with E-state index in [9.17, 15) is 4.79 Å². The molecule has 1 aromatic heterocycles. The number of nitrogens with zero attached hydrogens (tertiary/aromatic N) is 4. The first-order chi connectivity index (χ1) is 15.1. The van der Waals surface area contributed by atoms with Gasteiger partial charge in [0.25, 0.3) is 5.91 Å². The Morgan fingerprint density at radius 1 is 1.13 bits per heavy atom. The number of carbonyl (C=O) groups excluding carboxylic acids is 1. The molecular formula is C20H16ClN5O3S2. The van der Waals surface area contributed by atoms with E-state index in [2.05, 4.69) is 15.0 Å². The molecule has 1 amide bonds. The molecule has 0 saturated carbocycles. The van der Waals surface area contributed by atoms with Crippen LogP contribution in [0.5, 0.6) is 0 Å². The maximum absolute atomic E-state index is 12.6. The standard InChI is InChI=1S/C20H16ClN5O3S2/c21-12-1-4-14(5-2-12)30-16-6-3-13(29-16)11-15-17(22)26-19(23-18(15)27)31-20(24-26)25-7-9-28-10-8-25/h1-6,11,22H,7-10H2/b15-11-,22-17?. The average molecular weight is 474 g/mol. The summed E-state index contributed by atoms with van der Waals surface area (Å²) >= 11 is 8.65. The van der Waals surface area contributed by atoms with Crippen molar-refractivity contribution in [1.29, 1.82) is 5.41 Å². The number of hydrazone groups is 1. The van der Waals surface area contributed by atoms with E-state index in [1.165, 1.54) is 34.6 Å². The number of amides is 1. The van der Waals surface area contributed by atoms with Gasteiger partial charge in [0.15, 0.2) is 16.1 Å². The number of aliphatic imine (C=N–C) groups is 1. The highest BCUT2D eigenvalue weighted by Gasteiger charge is 2.37.